The molecule has 5 nitrogen and oxygen atoms in total. The van der Waals surface area contributed by atoms with Gasteiger partial charge in [-0.3, -0.25) is 0 Å². The second-order valence-corrected chi connectivity index (χ2v) is 5.62. The number of halogens is 2. The fraction of sp³-hybridized carbons (Fsp3) is 0.0667. The quantitative estimate of drug-likeness (QED) is 0.611. The number of nitrogens with two attached hydrogens (primary N) is 1. The van der Waals surface area contributed by atoms with Crippen molar-refractivity contribution in [2.75, 3.05) is 0 Å². The molecule has 0 spiro atoms. The van der Waals surface area contributed by atoms with Crippen LogP contribution in [0.5, 0.6) is 5.75 Å². The summed E-state index contributed by atoms with van der Waals surface area (Å²) in [4.78, 5) is 10.6. The lowest BCUT2D eigenvalue weighted by atomic mass is 10.2. The highest BCUT2D eigenvalue weighted by Crippen LogP contribution is 2.24. The summed E-state index contributed by atoms with van der Waals surface area (Å²) in [6.07, 6.45) is 1.46. The maximum atomic E-state index is 10.6. The van der Waals surface area contributed by atoms with Crippen molar-refractivity contribution < 1.29 is 9.53 Å². The number of hydrogen-bond donors (Lipinski definition) is 2. The number of carbonyl (C=O) groups is 1. The smallest absolute Gasteiger partial charge is 0.332 e. The molecule has 0 fully saturated rings. The van der Waals surface area contributed by atoms with Gasteiger partial charge in [-0.05, 0) is 24.3 Å². The van der Waals surface area contributed by atoms with Crippen LogP contribution in [0.15, 0.2) is 52.0 Å². The molecule has 22 heavy (non-hydrogen) atoms. The third-order valence-corrected chi connectivity index (χ3v) is 3.55. The number of nitrogens with zero attached hydrogens (tertiary/aromatic N) is 1. The molecule has 0 saturated carbocycles. The first-order chi connectivity index (χ1) is 10.6. The lowest BCUT2D eigenvalue weighted by Gasteiger charge is -2.10. The van der Waals surface area contributed by atoms with Gasteiger partial charge in [0, 0.05) is 20.6 Å². The molecule has 2 amide bonds. The summed E-state index contributed by atoms with van der Waals surface area (Å²) < 4.78 is 6.64. The zero-order valence-corrected chi connectivity index (χ0v) is 13.8. The van der Waals surface area contributed by atoms with Crippen molar-refractivity contribution in [1.82, 2.24) is 5.43 Å². The lowest BCUT2D eigenvalue weighted by Crippen LogP contribution is -2.24. The number of hydrazone groups is 1. The fourth-order valence-electron chi connectivity index (χ4n) is 1.69. The molecule has 2 rings (SSSR count). The Labute approximate surface area is 141 Å². The largest absolute Gasteiger partial charge is 0.488 e. The van der Waals surface area contributed by atoms with Crippen molar-refractivity contribution in [3.63, 3.8) is 0 Å². The normalized spacial score (nSPS) is 10.6. The number of urea groups is 1. The van der Waals surface area contributed by atoms with E-state index in [0.29, 0.717) is 22.9 Å². The first-order valence-electron chi connectivity index (χ1n) is 6.30. The van der Waals surface area contributed by atoms with E-state index in [0.717, 1.165) is 10.0 Å². The van der Waals surface area contributed by atoms with Gasteiger partial charge in [-0.2, -0.15) is 5.10 Å². The average Bonchev–Trinajstić information content (AvgIpc) is 2.47. The summed E-state index contributed by atoms with van der Waals surface area (Å²) in [5.41, 5.74) is 8.67. The standard InChI is InChI=1S/C15H13BrClN3O2/c16-12-5-6-14(11(7-12)8-19-20-15(18)21)22-9-10-3-1-2-4-13(10)17/h1-8H,9H2,(H3,18,20,21). The Morgan fingerprint density at radius 2 is 2.14 bits per heavy atom. The van der Waals surface area contributed by atoms with Crippen LogP contribution in [0.4, 0.5) is 4.79 Å². The number of ether oxygens (including phenoxy) is 1. The van der Waals surface area contributed by atoms with E-state index in [-0.39, 0.29) is 0 Å². The van der Waals surface area contributed by atoms with Gasteiger partial charge in [-0.15, -0.1) is 0 Å². The average molecular weight is 383 g/mol. The minimum atomic E-state index is -0.732. The lowest BCUT2D eigenvalue weighted by molar-refractivity contribution is 0.249. The molecule has 0 bridgehead atoms. The number of nitrogens with one attached hydrogen (secondary N) is 1. The molecule has 0 aromatic heterocycles. The zero-order chi connectivity index (χ0) is 15.9. The number of carbonyl (C=O) groups excluding carboxylic acids is 1. The summed E-state index contributed by atoms with van der Waals surface area (Å²) in [6, 6.07) is 12.2. The molecule has 7 heteroatoms. The molecule has 0 atom stereocenters. The maximum Gasteiger partial charge on any atom is 0.332 e. The second-order valence-electron chi connectivity index (χ2n) is 4.30. The van der Waals surface area contributed by atoms with E-state index in [4.69, 9.17) is 22.1 Å². The monoisotopic (exact) mass is 381 g/mol. The minimum absolute atomic E-state index is 0.325. The topological polar surface area (TPSA) is 76.7 Å². The van der Waals surface area contributed by atoms with Crippen LogP contribution in [0.1, 0.15) is 11.1 Å². The van der Waals surface area contributed by atoms with Crippen molar-refractivity contribution in [1.29, 1.82) is 0 Å². The molecule has 0 radical (unpaired) electrons. The van der Waals surface area contributed by atoms with E-state index in [2.05, 4.69) is 26.5 Å². The number of hydrogen-bond acceptors (Lipinski definition) is 3. The predicted molar refractivity (Wildman–Crippen MR) is 90.2 cm³/mol. The minimum Gasteiger partial charge on any atom is -0.488 e. The van der Waals surface area contributed by atoms with Crippen LogP contribution in [0.25, 0.3) is 0 Å². The summed E-state index contributed by atoms with van der Waals surface area (Å²) >= 11 is 9.47. The molecular weight excluding hydrogens is 370 g/mol. The van der Waals surface area contributed by atoms with Gasteiger partial charge in [0.1, 0.15) is 12.4 Å². The van der Waals surface area contributed by atoms with Gasteiger partial charge in [0.25, 0.3) is 0 Å². The van der Waals surface area contributed by atoms with E-state index >= 15 is 0 Å². The first kappa shape index (κ1) is 16.3. The fourth-order valence-corrected chi connectivity index (χ4v) is 2.26. The Balaban J connectivity index is 2.14. The van der Waals surface area contributed by atoms with E-state index in [9.17, 15) is 4.79 Å². The second kappa shape index (κ2) is 7.82. The summed E-state index contributed by atoms with van der Waals surface area (Å²) in [7, 11) is 0. The van der Waals surface area contributed by atoms with Crippen molar-refractivity contribution >= 4 is 39.8 Å². The van der Waals surface area contributed by atoms with Crippen LogP contribution in [-0.2, 0) is 6.61 Å². The Morgan fingerprint density at radius 3 is 2.86 bits per heavy atom. The summed E-state index contributed by atoms with van der Waals surface area (Å²) in [5.74, 6) is 0.609. The van der Waals surface area contributed by atoms with Crippen molar-refractivity contribution in [2.24, 2.45) is 10.8 Å². The van der Waals surface area contributed by atoms with Crippen molar-refractivity contribution in [3.8, 4) is 5.75 Å². The van der Waals surface area contributed by atoms with Gasteiger partial charge < -0.3 is 10.5 Å². The highest BCUT2D eigenvalue weighted by Gasteiger charge is 2.05. The maximum absolute atomic E-state index is 10.6. The zero-order valence-electron chi connectivity index (χ0n) is 11.4. The van der Waals surface area contributed by atoms with Crippen LogP contribution in [0.2, 0.25) is 5.02 Å². The molecule has 0 aliphatic carbocycles. The van der Waals surface area contributed by atoms with E-state index in [1.807, 2.05) is 30.3 Å². The van der Waals surface area contributed by atoms with Crippen LogP contribution >= 0.6 is 27.5 Å². The van der Waals surface area contributed by atoms with Crippen molar-refractivity contribution in [2.45, 2.75) is 6.61 Å². The van der Waals surface area contributed by atoms with Gasteiger partial charge >= 0.3 is 6.03 Å². The number of rotatable bonds is 5. The highest BCUT2D eigenvalue weighted by molar-refractivity contribution is 9.10. The summed E-state index contributed by atoms with van der Waals surface area (Å²) in [5, 5.41) is 4.38. The molecule has 0 unspecified atom stereocenters. The number of benzene rings is 2. The molecule has 2 aromatic rings. The van der Waals surface area contributed by atoms with Gasteiger partial charge in [-0.25, -0.2) is 10.2 Å². The van der Waals surface area contributed by atoms with Gasteiger partial charge in [0.15, 0.2) is 0 Å². The third kappa shape index (κ3) is 4.75. The molecule has 2 aromatic carbocycles. The van der Waals surface area contributed by atoms with Crippen LogP contribution in [0, 0.1) is 0 Å². The summed E-state index contributed by atoms with van der Waals surface area (Å²) in [6.45, 7) is 0.325. The Kier molecular flexibility index (Phi) is 5.80. The molecular formula is C15H13BrClN3O2. The number of amides is 2. The Hall–Kier alpha value is -2.05. The molecule has 0 aliphatic heterocycles. The SMILES string of the molecule is NC(=O)NN=Cc1cc(Br)ccc1OCc1ccccc1Cl. The van der Waals surface area contributed by atoms with Crippen LogP contribution < -0.4 is 15.9 Å². The first-order valence-corrected chi connectivity index (χ1v) is 7.47. The van der Waals surface area contributed by atoms with Crippen LogP contribution in [0.3, 0.4) is 0 Å². The molecule has 3 N–H and O–H groups in total. The van der Waals surface area contributed by atoms with Crippen LogP contribution in [-0.4, -0.2) is 12.2 Å². The Bertz CT molecular complexity index is 707. The molecule has 0 saturated heterocycles. The molecule has 0 aliphatic rings. The molecule has 114 valence electrons. The predicted octanol–water partition coefficient (Wildman–Crippen LogP) is 3.68. The van der Waals surface area contributed by atoms with Gasteiger partial charge in [0.2, 0.25) is 0 Å². The van der Waals surface area contributed by atoms with Gasteiger partial charge in [0.05, 0.1) is 6.21 Å². The number of primary amides is 1. The van der Waals surface area contributed by atoms with E-state index < -0.39 is 6.03 Å². The Morgan fingerprint density at radius 1 is 1.36 bits per heavy atom. The highest BCUT2D eigenvalue weighted by atomic mass is 79.9. The van der Waals surface area contributed by atoms with Gasteiger partial charge in [-0.1, -0.05) is 45.7 Å². The van der Waals surface area contributed by atoms with E-state index in [1.54, 1.807) is 12.1 Å². The van der Waals surface area contributed by atoms with E-state index in [1.165, 1.54) is 6.21 Å². The third-order valence-electron chi connectivity index (χ3n) is 2.69. The molecule has 0 heterocycles. The van der Waals surface area contributed by atoms with Crippen molar-refractivity contribution in [3.05, 3.63) is 63.1 Å².